The van der Waals surface area contributed by atoms with Gasteiger partial charge < -0.3 is 20.4 Å². The smallest absolute Gasteiger partial charge is 0.161 e. The third-order valence-electron chi connectivity index (χ3n) is 3.25. The van der Waals surface area contributed by atoms with Crippen molar-refractivity contribution in [3.05, 3.63) is 46.2 Å². The van der Waals surface area contributed by atoms with Crippen LogP contribution in [-0.4, -0.2) is 35.8 Å². The lowest BCUT2D eigenvalue weighted by Crippen LogP contribution is -2.30. The summed E-state index contributed by atoms with van der Waals surface area (Å²) in [5, 5.41) is 24.6. The fourth-order valence-corrected chi connectivity index (χ4v) is 3.01. The van der Waals surface area contributed by atoms with Crippen LogP contribution in [0.4, 0.5) is 0 Å². The number of para-hydroxylation sites is 1. The molecule has 1 heterocycles. The summed E-state index contributed by atoms with van der Waals surface area (Å²) in [7, 11) is 4.11. The number of phenolic OH excluding ortho intramolecular Hbond substituents is 2. The first kappa shape index (κ1) is 14.8. The van der Waals surface area contributed by atoms with E-state index in [1.54, 1.807) is 23.5 Å². The van der Waals surface area contributed by atoms with Gasteiger partial charge in [-0.15, -0.1) is 11.3 Å². The molecule has 2 aromatic rings. The molecule has 0 bridgehead atoms. The second-order valence-corrected chi connectivity index (χ2v) is 5.89. The molecule has 4 nitrogen and oxygen atoms in total. The molecule has 20 heavy (non-hydrogen) atoms. The van der Waals surface area contributed by atoms with Crippen LogP contribution in [0.2, 0.25) is 0 Å². The van der Waals surface area contributed by atoms with Crippen molar-refractivity contribution in [3.63, 3.8) is 0 Å². The maximum Gasteiger partial charge on any atom is 0.161 e. The number of benzene rings is 1. The van der Waals surface area contributed by atoms with E-state index >= 15 is 0 Å². The number of hydrogen-bond donors (Lipinski definition) is 3. The molecule has 2 rings (SSSR count). The molecule has 1 aromatic heterocycles. The van der Waals surface area contributed by atoms with Crippen LogP contribution in [0.15, 0.2) is 35.7 Å². The molecule has 0 fully saturated rings. The van der Waals surface area contributed by atoms with Crippen molar-refractivity contribution < 1.29 is 10.2 Å². The maximum absolute atomic E-state index is 9.76. The number of rotatable bonds is 6. The van der Waals surface area contributed by atoms with Crippen molar-refractivity contribution in [1.82, 2.24) is 10.2 Å². The second kappa shape index (κ2) is 6.74. The fraction of sp³-hybridized carbons (Fsp3) is 0.333. The third-order valence-corrected chi connectivity index (χ3v) is 4.22. The Labute approximate surface area is 123 Å². The van der Waals surface area contributed by atoms with E-state index in [-0.39, 0.29) is 11.5 Å². The normalized spacial score (nSPS) is 12.8. The Morgan fingerprint density at radius 2 is 2.00 bits per heavy atom. The molecule has 0 saturated heterocycles. The Hall–Kier alpha value is -1.56. The molecule has 0 aliphatic heterocycles. The average molecular weight is 292 g/mol. The topological polar surface area (TPSA) is 55.7 Å². The van der Waals surface area contributed by atoms with Crippen molar-refractivity contribution >= 4 is 11.3 Å². The number of likely N-dealkylation sites (N-methyl/N-ethyl adjacent to an activating group) is 1. The Morgan fingerprint density at radius 3 is 2.65 bits per heavy atom. The minimum atomic E-state index is -0.0771. The van der Waals surface area contributed by atoms with Gasteiger partial charge in [0, 0.05) is 23.5 Å². The maximum atomic E-state index is 9.76. The minimum Gasteiger partial charge on any atom is -0.504 e. The van der Waals surface area contributed by atoms with Crippen LogP contribution in [0, 0.1) is 0 Å². The Kier molecular flexibility index (Phi) is 5.00. The SMILES string of the molecule is CN(C)C(CNCc1cccc(O)c1O)c1cccs1. The van der Waals surface area contributed by atoms with Crippen LogP contribution in [0.25, 0.3) is 0 Å². The van der Waals surface area contributed by atoms with Gasteiger partial charge in [-0.25, -0.2) is 0 Å². The van der Waals surface area contributed by atoms with Crippen LogP contribution >= 0.6 is 11.3 Å². The monoisotopic (exact) mass is 292 g/mol. The van der Waals surface area contributed by atoms with Crippen molar-refractivity contribution in [2.24, 2.45) is 0 Å². The zero-order valence-corrected chi connectivity index (χ0v) is 12.5. The molecule has 1 atom stereocenters. The first-order valence-corrected chi connectivity index (χ1v) is 7.38. The van der Waals surface area contributed by atoms with Crippen molar-refractivity contribution in [3.8, 4) is 11.5 Å². The molecule has 0 aliphatic carbocycles. The van der Waals surface area contributed by atoms with Crippen molar-refractivity contribution in [2.45, 2.75) is 12.6 Å². The van der Waals surface area contributed by atoms with E-state index in [1.165, 1.54) is 10.9 Å². The molecule has 0 aliphatic rings. The number of aromatic hydroxyl groups is 2. The largest absolute Gasteiger partial charge is 0.504 e. The summed E-state index contributed by atoms with van der Waals surface area (Å²) in [6, 6.07) is 9.49. The molecule has 5 heteroatoms. The van der Waals surface area contributed by atoms with E-state index in [4.69, 9.17) is 0 Å². The zero-order chi connectivity index (χ0) is 14.5. The van der Waals surface area contributed by atoms with Crippen LogP contribution in [0.1, 0.15) is 16.5 Å². The summed E-state index contributed by atoms with van der Waals surface area (Å²) < 4.78 is 0. The Balaban J connectivity index is 1.96. The van der Waals surface area contributed by atoms with Gasteiger partial charge in [-0.2, -0.15) is 0 Å². The highest BCUT2D eigenvalue weighted by molar-refractivity contribution is 7.10. The molecule has 0 amide bonds. The molecule has 1 aromatic carbocycles. The predicted octanol–water partition coefficient (Wildman–Crippen LogP) is 2.55. The van der Waals surface area contributed by atoms with E-state index in [0.717, 1.165) is 6.54 Å². The van der Waals surface area contributed by atoms with Crippen molar-refractivity contribution in [1.29, 1.82) is 0 Å². The highest BCUT2D eigenvalue weighted by Crippen LogP contribution is 2.28. The van der Waals surface area contributed by atoms with Gasteiger partial charge in [-0.05, 0) is 31.6 Å². The standard InChI is InChI=1S/C15H20N2O2S/c1-17(2)12(14-7-4-8-20-14)10-16-9-11-5-3-6-13(18)15(11)19/h3-8,12,16,18-19H,9-10H2,1-2H3. The average Bonchev–Trinajstić information content (AvgIpc) is 2.92. The number of thiophene rings is 1. The first-order chi connectivity index (χ1) is 9.59. The lowest BCUT2D eigenvalue weighted by atomic mass is 10.1. The van der Waals surface area contributed by atoms with E-state index < -0.39 is 0 Å². The molecule has 0 radical (unpaired) electrons. The van der Waals surface area contributed by atoms with Gasteiger partial charge in [0.2, 0.25) is 0 Å². The van der Waals surface area contributed by atoms with Crippen LogP contribution in [0.3, 0.4) is 0 Å². The van der Waals surface area contributed by atoms with Crippen LogP contribution < -0.4 is 5.32 Å². The summed E-state index contributed by atoms with van der Waals surface area (Å²) in [4.78, 5) is 3.48. The lowest BCUT2D eigenvalue weighted by Gasteiger charge is -2.23. The summed E-state index contributed by atoms with van der Waals surface area (Å²) in [5.41, 5.74) is 0.702. The summed E-state index contributed by atoms with van der Waals surface area (Å²) in [6.45, 7) is 1.30. The summed E-state index contributed by atoms with van der Waals surface area (Å²) in [6.07, 6.45) is 0. The fourth-order valence-electron chi connectivity index (χ4n) is 2.08. The van der Waals surface area contributed by atoms with E-state index in [9.17, 15) is 10.2 Å². The Morgan fingerprint density at radius 1 is 1.20 bits per heavy atom. The lowest BCUT2D eigenvalue weighted by molar-refractivity contribution is 0.292. The summed E-state index contributed by atoms with van der Waals surface area (Å²) in [5.74, 6) is -0.121. The van der Waals surface area contributed by atoms with Gasteiger partial charge >= 0.3 is 0 Å². The Bertz CT molecular complexity index is 541. The van der Waals surface area contributed by atoms with Gasteiger partial charge in [-0.1, -0.05) is 18.2 Å². The third kappa shape index (κ3) is 3.50. The zero-order valence-electron chi connectivity index (χ0n) is 11.7. The van der Waals surface area contributed by atoms with E-state index in [2.05, 4.69) is 41.8 Å². The molecule has 1 unspecified atom stereocenters. The van der Waals surface area contributed by atoms with E-state index in [1.807, 2.05) is 0 Å². The molecular formula is C15H20N2O2S. The van der Waals surface area contributed by atoms with Crippen molar-refractivity contribution in [2.75, 3.05) is 20.6 Å². The van der Waals surface area contributed by atoms with E-state index in [0.29, 0.717) is 18.2 Å². The highest BCUT2D eigenvalue weighted by atomic mass is 32.1. The molecular weight excluding hydrogens is 272 g/mol. The minimum absolute atomic E-state index is 0.0440. The molecule has 0 saturated carbocycles. The highest BCUT2D eigenvalue weighted by Gasteiger charge is 2.15. The number of nitrogens with zero attached hydrogens (tertiary/aromatic N) is 1. The van der Waals surface area contributed by atoms with Crippen LogP contribution in [0.5, 0.6) is 11.5 Å². The molecule has 0 spiro atoms. The number of nitrogens with one attached hydrogen (secondary N) is 1. The van der Waals surface area contributed by atoms with Gasteiger partial charge in [0.05, 0.1) is 6.04 Å². The summed E-state index contributed by atoms with van der Waals surface area (Å²) >= 11 is 1.74. The van der Waals surface area contributed by atoms with Gasteiger partial charge in [0.25, 0.3) is 0 Å². The van der Waals surface area contributed by atoms with Gasteiger partial charge in [-0.3, -0.25) is 0 Å². The quantitative estimate of drug-likeness (QED) is 0.716. The van der Waals surface area contributed by atoms with Gasteiger partial charge in [0.15, 0.2) is 11.5 Å². The molecule has 108 valence electrons. The first-order valence-electron chi connectivity index (χ1n) is 6.50. The second-order valence-electron chi connectivity index (χ2n) is 4.91. The number of hydrogen-bond acceptors (Lipinski definition) is 5. The van der Waals surface area contributed by atoms with Gasteiger partial charge in [0.1, 0.15) is 0 Å². The number of phenols is 2. The van der Waals surface area contributed by atoms with Crippen LogP contribution in [-0.2, 0) is 6.54 Å². The predicted molar refractivity (Wildman–Crippen MR) is 82.2 cm³/mol. The molecule has 3 N–H and O–H groups in total.